The van der Waals surface area contributed by atoms with Crippen molar-refractivity contribution >= 4 is 45.8 Å². The molecule has 0 aliphatic heterocycles. The molecule has 0 unspecified atom stereocenters. The lowest BCUT2D eigenvalue weighted by Crippen LogP contribution is -1.74. The summed E-state index contributed by atoms with van der Waals surface area (Å²) in [6, 6.07) is 6.47. The minimum absolute atomic E-state index is 1.08. The van der Waals surface area contributed by atoms with Gasteiger partial charge in [0.25, 0.3) is 0 Å². The van der Waals surface area contributed by atoms with Gasteiger partial charge in [0.1, 0.15) is 0 Å². The first-order chi connectivity index (χ1) is 6.22. The van der Waals surface area contributed by atoms with Crippen LogP contribution in [0.4, 0.5) is 0 Å². The summed E-state index contributed by atoms with van der Waals surface area (Å²) in [7, 11) is 0. The molecule has 0 radical (unpaired) electrons. The lowest BCUT2D eigenvalue weighted by molar-refractivity contribution is 1.32. The van der Waals surface area contributed by atoms with Crippen molar-refractivity contribution in [1.82, 2.24) is 0 Å². The van der Waals surface area contributed by atoms with Crippen molar-refractivity contribution in [2.45, 2.75) is 16.7 Å². The fraction of sp³-hybridized carbons (Fsp3) is 0.200. The van der Waals surface area contributed by atoms with Gasteiger partial charge in [0.15, 0.2) is 0 Å². The second-order valence-corrected chi connectivity index (χ2v) is 5.47. The molecule has 1 aromatic carbocycles. The maximum absolute atomic E-state index is 4.45. The molecule has 0 aliphatic rings. The van der Waals surface area contributed by atoms with E-state index in [1.165, 1.54) is 19.9 Å². The molecule has 1 aromatic heterocycles. The zero-order valence-corrected chi connectivity index (χ0v) is 10.0. The van der Waals surface area contributed by atoms with Crippen LogP contribution in [0.2, 0.25) is 0 Å². The van der Waals surface area contributed by atoms with Crippen molar-refractivity contribution in [2.75, 3.05) is 6.26 Å². The van der Waals surface area contributed by atoms with Gasteiger partial charge in [-0.3, -0.25) is 0 Å². The van der Waals surface area contributed by atoms with Gasteiger partial charge in [0, 0.05) is 24.8 Å². The second-order valence-electron chi connectivity index (χ2n) is 2.89. The van der Waals surface area contributed by atoms with Crippen molar-refractivity contribution in [1.29, 1.82) is 0 Å². The highest BCUT2D eigenvalue weighted by Gasteiger charge is 2.06. The average Bonchev–Trinajstić information content (AvgIpc) is 2.45. The third kappa shape index (κ3) is 1.60. The van der Waals surface area contributed by atoms with Gasteiger partial charge in [-0.15, -0.1) is 35.7 Å². The fourth-order valence-corrected chi connectivity index (χ4v) is 3.55. The van der Waals surface area contributed by atoms with E-state index >= 15 is 0 Å². The van der Waals surface area contributed by atoms with Crippen LogP contribution < -0.4 is 0 Å². The van der Waals surface area contributed by atoms with E-state index in [-0.39, 0.29) is 0 Å². The molecule has 1 heterocycles. The molecule has 0 fully saturated rings. The molecule has 0 atom stereocenters. The Kier molecular flexibility index (Phi) is 2.58. The molecule has 68 valence electrons. The smallest absolute Gasteiger partial charge is 0.0357 e. The molecule has 3 heteroatoms. The normalized spacial score (nSPS) is 11.0. The Morgan fingerprint density at radius 2 is 2.15 bits per heavy atom. The number of benzene rings is 1. The van der Waals surface area contributed by atoms with E-state index in [0.29, 0.717) is 0 Å². The van der Waals surface area contributed by atoms with Crippen molar-refractivity contribution in [3.63, 3.8) is 0 Å². The van der Waals surface area contributed by atoms with Crippen LogP contribution in [-0.4, -0.2) is 6.26 Å². The monoisotopic (exact) mass is 226 g/mol. The Morgan fingerprint density at radius 3 is 2.85 bits per heavy atom. The zero-order chi connectivity index (χ0) is 9.42. The van der Waals surface area contributed by atoms with Gasteiger partial charge in [-0.25, -0.2) is 0 Å². The van der Waals surface area contributed by atoms with E-state index in [2.05, 4.69) is 44.0 Å². The molecular formula is C10H10S3. The number of hydrogen-bond acceptors (Lipinski definition) is 3. The third-order valence-corrected chi connectivity index (χ3v) is 4.35. The largest absolute Gasteiger partial charge is 0.142 e. The van der Waals surface area contributed by atoms with Crippen LogP contribution in [0.25, 0.3) is 10.1 Å². The summed E-state index contributed by atoms with van der Waals surface area (Å²) in [5, 5.41) is 1.35. The number of rotatable bonds is 1. The predicted octanol–water partition coefficient (Wildman–Crippen LogP) is 4.22. The molecule has 0 nitrogen and oxygen atoms in total. The van der Waals surface area contributed by atoms with E-state index in [9.17, 15) is 0 Å². The number of fused-ring (bicyclic) bond motifs is 1. The predicted molar refractivity (Wildman–Crippen MR) is 65.6 cm³/mol. The average molecular weight is 226 g/mol. The molecule has 0 aliphatic carbocycles. The van der Waals surface area contributed by atoms with E-state index in [0.717, 1.165) is 4.90 Å². The zero-order valence-electron chi connectivity index (χ0n) is 7.50. The number of thiophene rings is 1. The maximum atomic E-state index is 4.45. The van der Waals surface area contributed by atoms with Gasteiger partial charge in [-0.05, 0) is 31.4 Å². The van der Waals surface area contributed by atoms with Crippen LogP contribution in [0.15, 0.2) is 28.0 Å². The first-order valence-corrected chi connectivity index (χ1v) is 6.47. The number of thioether (sulfide) groups is 1. The lowest BCUT2D eigenvalue weighted by atomic mass is 10.2. The van der Waals surface area contributed by atoms with Gasteiger partial charge in [0.05, 0.1) is 0 Å². The summed E-state index contributed by atoms with van der Waals surface area (Å²) in [5.41, 5.74) is 0. The topological polar surface area (TPSA) is 0 Å². The van der Waals surface area contributed by atoms with Crippen LogP contribution in [0.1, 0.15) is 4.88 Å². The summed E-state index contributed by atoms with van der Waals surface area (Å²) < 4.78 is 1.36. The maximum Gasteiger partial charge on any atom is 0.0357 e. The highest BCUT2D eigenvalue weighted by atomic mass is 32.2. The molecular weight excluding hydrogens is 216 g/mol. The minimum atomic E-state index is 1.08. The molecule has 2 aromatic rings. The van der Waals surface area contributed by atoms with Gasteiger partial charge in [0.2, 0.25) is 0 Å². The highest BCUT2D eigenvalue weighted by Crippen LogP contribution is 2.36. The first-order valence-electron chi connectivity index (χ1n) is 3.98. The van der Waals surface area contributed by atoms with Crippen molar-refractivity contribution in [3.8, 4) is 0 Å². The van der Waals surface area contributed by atoms with E-state index in [4.69, 9.17) is 0 Å². The van der Waals surface area contributed by atoms with Crippen LogP contribution in [-0.2, 0) is 0 Å². The number of aryl methyl sites for hydroxylation is 1. The molecule has 0 saturated carbocycles. The first kappa shape index (κ1) is 9.44. The standard InChI is InChI=1S/C10H10S3/c1-6-5-7-9(13-6)4-3-8(11)10(7)12-2/h3-5,11H,1-2H3. The number of hydrogen-bond donors (Lipinski definition) is 1. The van der Waals surface area contributed by atoms with Gasteiger partial charge >= 0.3 is 0 Å². The fourth-order valence-electron chi connectivity index (χ4n) is 1.42. The molecule has 0 spiro atoms. The Morgan fingerprint density at radius 1 is 1.38 bits per heavy atom. The molecule has 0 N–H and O–H groups in total. The van der Waals surface area contributed by atoms with Gasteiger partial charge in [-0.2, -0.15) is 0 Å². The highest BCUT2D eigenvalue weighted by molar-refractivity contribution is 7.99. The Labute approximate surface area is 91.8 Å². The SMILES string of the molecule is CSc1c(S)ccc2sc(C)cc12. The van der Waals surface area contributed by atoms with Crippen LogP contribution in [0.5, 0.6) is 0 Å². The Balaban J connectivity index is 2.82. The third-order valence-electron chi connectivity index (χ3n) is 1.96. The number of thiol groups is 1. The second kappa shape index (κ2) is 3.56. The Bertz CT molecular complexity index is 443. The molecule has 2 rings (SSSR count). The summed E-state index contributed by atoms with van der Waals surface area (Å²) in [5.74, 6) is 0. The summed E-state index contributed by atoms with van der Waals surface area (Å²) in [6.45, 7) is 2.15. The van der Waals surface area contributed by atoms with E-state index in [1.54, 1.807) is 11.8 Å². The summed E-state index contributed by atoms with van der Waals surface area (Å²) in [6.07, 6.45) is 2.10. The van der Waals surface area contributed by atoms with Gasteiger partial charge < -0.3 is 0 Å². The van der Waals surface area contributed by atoms with Crippen molar-refractivity contribution in [3.05, 3.63) is 23.1 Å². The molecule has 0 saturated heterocycles. The minimum Gasteiger partial charge on any atom is -0.142 e. The summed E-state index contributed by atoms with van der Waals surface area (Å²) in [4.78, 5) is 3.74. The van der Waals surface area contributed by atoms with Gasteiger partial charge in [-0.1, -0.05) is 0 Å². The van der Waals surface area contributed by atoms with E-state index < -0.39 is 0 Å². The van der Waals surface area contributed by atoms with Crippen molar-refractivity contribution in [2.24, 2.45) is 0 Å². The Hall–Kier alpha value is -0.120. The molecule has 0 amide bonds. The molecule has 0 bridgehead atoms. The van der Waals surface area contributed by atoms with E-state index in [1.807, 2.05) is 11.3 Å². The van der Waals surface area contributed by atoms with Crippen LogP contribution >= 0.6 is 35.7 Å². The van der Waals surface area contributed by atoms with Crippen molar-refractivity contribution < 1.29 is 0 Å². The summed E-state index contributed by atoms with van der Waals surface area (Å²) >= 11 is 8.06. The quantitative estimate of drug-likeness (QED) is 0.561. The molecule has 13 heavy (non-hydrogen) atoms. The van der Waals surface area contributed by atoms with Crippen LogP contribution in [0.3, 0.4) is 0 Å². The van der Waals surface area contributed by atoms with Crippen LogP contribution in [0, 0.1) is 6.92 Å². The lowest BCUT2D eigenvalue weighted by Gasteiger charge is -2.01.